The smallest absolute Gasteiger partial charge is 0.0135 e. The summed E-state index contributed by atoms with van der Waals surface area (Å²) in [5, 5.41) is 0. The molecule has 0 nitrogen and oxygen atoms in total. The lowest BCUT2D eigenvalue weighted by Gasteiger charge is -2.27. The van der Waals surface area contributed by atoms with Gasteiger partial charge in [-0.1, -0.05) is 60.3 Å². The van der Waals surface area contributed by atoms with Gasteiger partial charge in [0.1, 0.15) is 0 Å². The molecule has 0 atom stereocenters. The first kappa shape index (κ1) is 12.5. The van der Waals surface area contributed by atoms with Crippen LogP contribution in [0.3, 0.4) is 0 Å². The average Bonchev–Trinajstić information content (AvgIpc) is 1.79. The van der Waals surface area contributed by atoms with E-state index in [2.05, 4.69) is 54.7 Å². The molecule has 0 aromatic heterocycles. The van der Waals surface area contributed by atoms with E-state index in [9.17, 15) is 0 Å². The molecule has 13 heavy (non-hydrogen) atoms. The standard InChI is InChI=1S/C13H24/c1-10(9-12(3,4)5)11(2)13(6,7)8/h1-2,9H2,3-8H3. The fraction of sp³-hybridized carbons (Fsp3) is 0.692. The van der Waals surface area contributed by atoms with E-state index in [1.54, 1.807) is 0 Å². The highest BCUT2D eigenvalue weighted by Crippen LogP contribution is 2.34. The Morgan fingerprint density at radius 2 is 1.31 bits per heavy atom. The van der Waals surface area contributed by atoms with Crippen LogP contribution in [-0.2, 0) is 0 Å². The highest BCUT2D eigenvalue weighted by Gasteiger charge is 2.20. The lowest BCUT2D eigenvalue weighted by molar-refractivity contribution is 0.401. The van der Waals surface area contributed by atoms with Gasteiger partial charge in [0.25, 0.3) is 0 Å². The summed E-state index contributed by atoms with van der Waals surface area (Å²) in [6.45, 7) is 21.5. The molecule has 0 aliphatic heterocycles. The molecular formula is C13H24. The molecule has 0 spiro atoms. The Hall–Kier alpha value is -0.520. The van der Waals surface area contributed by atoms with Gasteiger partial charge in [-0.15, -0.1) is 0 Å². The number of hydrogen-bond acceptors (Lipinski definition) is 0. The molecule has 0 N–H and O–H groups in total. The third-order valence-corrected chi connectivity index (χ3v) is 2.08. The summed E-state index contributed by atoms with van der Waals surface area (Å²) < 4.78 is 0. The van der Waals surface area contributed by atoms with Crippen LogP contribution in [0.25, 0.3) is 0 Å². The van der Waals surface area contributed by atoms with Crippen molar-refractivity contribution in [1.29, 1.82) is 0 Å². The summed E-state index contributed by atoms with van der Waals surface area (Å²) in [6.07, 6.45) is 1.03. The average molecular weight is 180 g/mol. The van der Waals surface area contributed by atoms with E-state index in [1.807, 2.05) is 0 Å². The highest BCUT2D eigenvalue weighted by atomic mass is 14.3. The largest absolute Gasteiger partial charge is 0.0955 e. The first-order valence-corrected chi connectivity index (χ1v) is 4.91. The Morgan fingerprint density at radius 3 is 1.54 bits per heavy atom. The Labute approximate surface area is 83.7 Å². The van der Waals surface area contributed by atoms with Crippen LogP contribution in [0.2, 0.25) is 0 Å². The summed E-state index contributed by atoms with van der Waals surface area (Å²) in [5.74, 6) is 0. The van der Waals surface area contributed by atoms with E-state index in [0.717, 1.165) is 6.42 Å². The Balaban J connectivity index is 4.40. The van der Waals surface area contributed by atoms with Crippen molar-refractivity contribution < 1.29 is 0 Å². The second-order valence-corrected chi connectivity index (χ2v) is 6.07. The van der Waals surface area contributed by atoms with E-state index < -0.39 is 0 Å². The van der Waals surface area contributed by atoms with Crippen LogP contribution in [0.4, 0.5) is 0 Å². The van der Waals surface area contributed by atoms with Gasteiger partial charge in [-0.25, -0.2) is 0 Å². The second-order valence-electron chi connectivity index (χ2n) is 6.07. The predicted molar refractivity (Wildman–Crippen MR) is 61.8 cm³/mol. The zero-order valence-corrected chi connectivity index (χ0v) is 10.1. The van der Waals surface area contributed by atoms with Crippen LogP contribution in [-0.4, -0.2) is 0 Å². The molecule has 0 aromatic carbocycles. The molecule has 0 rings (SSSR count). The molecule has 0 heteroatoms. The van der Waals surface area contributed by atoms with E-state index in [4.69, 9.17) is 0 Å². The van der Waals surface area contributed by atoms with Crippen LogP contribution in [0.1, 0.15) is 48.0 Å². The fourth-order valence-corrected chi connectivity index (χ4v) is 1.28. The Bertz CT molecular complexity index is 205. The minimum atomic E-state index is 0.155. The summed E-state index contributed by atoms with van der Waals surface area (Å²) in [6, 6.07) is 0. The van der Waals surface area contributed by atoms with Gasteiger partial charge < -0.3 is 0 Å². The first-order chi connectivity index (χ1) is 5.54. The van der Waals surface area contributed by atoms with Crippen molar-refractivity contribution in [2.24, 2.45) is 10.8 Å². The molecule has 0 aliphatic rings. The van der Waals surface area contributed by atoms with Gasteiger partial charge in [-0.3, -0.25) is 0 Å². The highest BCUT2D eigenvalue weighted by molar-refractivity contribution is 5.30. The van der Waals surface area contributed by atoms with Crippen LogP contribution in [0, 0.1) is 10.8 Å². The molecule has 0 unspecified atom stereocenters. The van der Waals surface area contributed by atoms with E-state index in [1.165, 1.54) is 11.1 Å². The SMILES string of the molecule is C=C(CC(C)(C)C)C(=C)C(C)(C)C. The number of allylic oxidation sites excluding steroid dienone is 2. The summed E-state index contributed by atoms with van der Waals surface area (Å²) in [5.41, 5.74) is 2.84. The zero-order valence-electron chi connectivity index (χ0n) is 10.1. The van der Waals surface area contributed by atoms with E-state index >= 15 is 0 Å². The maximum atomic E-state index is 4.11. The topological polar surface area (TPSA) is 0 Å². The summed E-state index contributed by atoms with van der Waals surface area (Å²) in [4.78, 5) is 0. The van der Waals surface area contributed by atoms with Gasteiger partial charge >= 0.3 is 0 Å². The van der Waals surface area contributed by atoms with Crippen LogP contribution >= 0.6 is 0 Å². The summed E-state index contributed by atoms with van der Waals surface area (Å²) >= 11 is 0. The van der Waals surface area contributed by atoms with Gasteiger partial charge in [0, 0.05) is 0 Å². The van der Waals surface area contributed by atoms with Gasteiger partial charge in [0.05, 0.1) is 0 Å². The quantitative estimate of drug-likeness (QED) is 0.546. The normalized spacial score (nSPS) is 12.8. The lowest BCUT2D eigenvalue weighted by atomic mass is 9.78. The third-order valence-electron chi connectivity index (χ3n) is 2.08. The van der Waals surface area contributed by atoms with Crippen molar-refractivity contribution in [2.75, 3.05) is 0 Å². The molecule has 0 saturated carbocycles. The van der Waals surface area contributed by atoms with Crippen molar-refractivity contribution in [2.45, 2.75) is 48.0 Å². The fourth-order valence-electron chi connectivity index (χ4n) is 1.28. The van der Waals surface area contributed by atoms with Crippen molar-refractivity contribution >= 4 is 0 Å². The van der Waals surface area contributed by atoms with Crippen LogP contribution in [0.15, 0.2) is 24.3 Å². The molecule has 0 bridgehead atoms. The van der Waals surface area contributed by atoms with Crippen molar-refractivity contribution in [3.63, 3.8) is 0 Å². The maximum absolute atomic E-state index is 4.11. The Kier molecular flexibility index (Phi) is 3.54. The Morgan fingerprint density at radius 1 is 0.923 bits per heavy atom. The van der Waals surface area contributed by atoms with Crippen LogP contribution in [0.5, 0.6) is 0 Å². The molecule has 0 aliphatic carbocycles. The first-order valence-electron chi connectivity index (χ1n) is 4.91. The minimum absolute atomic E-state index is 0.155. The van der Waals surface area contributed by atoms with E-state index in [-0.39, 0.29) is 5.41 Å². The summed E-state index contributed by atoms with van der Waals surface area (Å²) in [7, 11) is 0. The molecular weight excluding hydrogens is 156 g/mol. The third kappa shape index (κ3) is 4.92. The van der Waals surface area contributed by atoms with Gasteiger partial charge in [-0.2, -0.15) is 0 Å². The molecule has 0 amide bonds. The molecule has 76 valence electrons. The molecule has 0 saturated heterocycles. The van der Waals surface area contributed by atoms with Crippen LogP contribution < -0.4 is 0 Å². The predicted octanol–water partition coefficient (Wildman–Crippen LogP) is 4.58. The molecule has 0 aromatic rings. The van der Waals surface area contributed by atoms with Gasteiger partial charge in [0.15, 0.2) is 0 Å². The van der Waals surface area contributed by atoms with Gasteiger partial charge in [-0.05, 0) is 22.8 Å². The van der Waals surface area contributed by atoms with Crippen molar-refractivity contribution in [3.05, 3.63) is 24.3 Å². The van der Waals surface area contributed by atoms with E-state index in [0.29, 0.717) is 5.41 Å². The molecule has 0 radical (unpaired) electrons. The van der Waals surface area contributed by atoms with Gasteiger partial charge in [0.2, 0.25) is 0 Å². The lowest BCUT2D eigenvalue weighted by Crippen LogP contribution is -2.14. The molecule has 0 fully saturated rings. The molecule has 0 heterocycles. The number of hydrogen-bond donors (Lipinski definition) is 0. The van der Waals surface area contributed by atoms with Crippen molar-refractivity contribution in [3.8, 4) is 0 Å². The number of rotatable bonds is 2. The maximum Gasteiger partial charge on any atom is -0.0135 e. The van der Waals surface area contributed by atoms with Crippen molar-refractivity contribution in [1.82, 2.24) is 0 Å². The monoisotopic (exact) mass is 180 g/mol. The second kappa shape index (κ2) is 3.69. The zero-order chi connectivity index (χ0) is 10.9. The minimum Gasteiger partial charge on any atom is -0.0955 e.